The summed E-state index contributed by atoms with van der Waals surface area (Å²) in [5.41, 5.74) is -1.47. The Morgan fingerprint density at radius 1 is 0.864 bits per heavy atom. The summed E-state index contributed by atoms with van der Waals surface area (Å²) >= 11 is 0. The number of nitrogens with zero attached hydrogens (tertiary/aromatic N) is 2. The number of aliphatic hydroxyl groups is 4. The summed E-state index contributed by atoms with van der Waals surface area (Å²) in [5, 5.41) is 45.1. The standard InChI is InChI=1S/C43H74N2O14/c1-24-21-29(19-20-46)39(59-42-37(49)36(45(9)10)38(27(4)56-42)58-35-23-43(6,51)41(50)28(5)55-35)40(52-11)31(47)22-33(48)53-25(2)15-13-12-14-16-32(24)57-34-18-17-30(44(7)8)26(3)54-34/h12-14,16,20,24-32,34-42,47,49-51H,15,17-19,21-23H2,1-11H3/t24-,25-,26-,27-,28+,29+,30+,31-,32+,34?,35+,36-,37-,38-,39+,40+,41+,42+,43-/m1/s1. The number of esters is 1. The van der Waals surface area contributed by atoms with Crippen molar-refractivity contribution >= 4 is 12.3 Å². The van der Waals surface area contributed by atoms with Crippen molar-refractivity contribution in [2.75, 3.05) is 35.3 Å². The zero-order valence-electron chi connectivity index (χ0n) is 37.0. The van der Waals surface area contributed by atoms with E-state index in [4.69, 9.17) is 37.9 Å². The summed E-state index contributed by atoms with van der Waals surface area (Å²) in [6.45, 7) is 10.8. The van der Waals surface area contributed by atoms with Crippen molar-refractivity contribution in [1.82, 2.24) is 9.80 Å². The van der Waals surface area contributed by atoms with Crippen LogP contribution < -0.4 is 0 Å². The van der Waals surface area contributed by atoms with Gasteiger partial charge in [0.2, 0.25) is 0 Å². The van der Waals surface area contributed by atoms with E-state index < -0.39 is 110 Å². The van der Waals surface area contributed by atoms with E-state index in [2.05, 4.69) is 4.90 Å². The second-order valence-corrected chi connectivity index (χ2v) is 17.8. The molecule has 0 aromatic rings. The van der Waals surface area contributed by atoms with Crippen molar-refractivity contribution in [1.29, 1.82) is 0 Å². The summed E-state index contributed by atoms with van der Waals surface area (Å²) in [6, 6.07) is -0.466. The van der Waals surface area contributed by atoms with E-state index in [1.165, 1.54) is 14.0 Å². The Morgan fingerprint density at radius 3 is 2.17 bits per heavy atom. The number of ether oxygens (including phenoxy) is 8. The average Bonchev–Trinajstić information content (AvgIpc) is 3.13. The molecule has 4 N–H and O–H groups in total. The molecule has 4 rings (SSSR count). The maximum absolute atomic E-state index is 13.1. The van der Waals surface area contributed by atoms with Gasteiger partial charge in [-0.3, -0.25) is 4.79 Å². The molecule has 0 aromatic heterocycles. The fourth-order valence-electron chi connectivity index (χ4n) is 9.10. The molecule has 340 valence electrons. The lowest BCUT2D eigenvalue weighted by atomic mass is 9.82. The van der Waals surface area contributed by atoms with Gasteiger partial charge in [-0.25, -0.2) is 0 Å². The van der Waals surface area contributed by atoms with E-state index in [-0.39, 0.29) is 30.9 Å². The third-order valence-corrected chi connectivity index (χ3v) is 12.4. The van der Waals surface area contributed by atoms with Crippen molar-refractivity contribution in [3.63, 3.8) is 0 Å². The summed E-state index contributed by atoms with van der Waals surface area (Å²) < 4.78 is 50.0. The minimum absolute atomic E-state index is 0.00885. The highest BCUT2D eigenvalue weighted by Gasteiger charge is 2.52. The van der Waals surface area contributed by atoms with Gasteiger partial charge in [-0.2, -0.15) is 0 Å². The molecule has 1 unspecified atom stereocenters. The van der Waals surface area contributed by atoms with E-state index in [1.807, 2.05) is 52.2 Å². The SMILES string of the molecule is CO[C@@H]1[C@@H](O[C@@H]2O[C@H](C)[C@@H](O[C@H]3C[C@@](C)(O)[C@@H](O)[C@H](C)O3)[C@H](N(C)C)[C@H]2O)[C@@H](CC=O)C[C@@H](C)[C@@H](OC2CC[C@H](N(C)C)[C@@H](C)O2)C=CC=CC[C@@H](C)OC(=O)C[C@H]1O. The topological polar surface area (TPSA) is 195 Å². The molecular weight excluding hydrogens is 768 g/mol. The zero-order chi connectivity index (χ0) is 43.8. The number of methoxy groups -OCH3 is 1. The highest BCUT2D eigenvalue weighted by Crippen LogP contribution is 2.37. The Balaban J connectivity index is 1.66. The van der Waals surface area contributed by atoms with E-state index in [1.54, 1.807) is 39.8 Å². The zero-order valence-corrected chi connectivity index (χ0v) is 37.0. The van der Waals surface area contributed by atoms with Crippen LogP contribution in [0, 0.1) is 11.8 Å². The first kappa shape index (κ1) is 49.8. The van der Waals surface area contributed by atoms with Crippen LogP contribution in [0.4, 0.5) is 0 Å². The molecule has 4 aliphatic rings. The molecule has 16 nitrogen and oxygen atoms in total. The third-order valence-electron chi connectivity index (χ3n) is 12.4. The van der Waals surface area contributed by atoms with Crippen molar-refractivity contribution < 1.29 is 67.9 Å². The van der Waals surface area contributed by atoms with Crippen molar-refractivity contribution in [2.45, 2.75) is 190 Å². The van der Waals surface area contributed by atoms with Crippen LogP contribution in [-0.2, 0) is 47.5 Å². The summed E-state index contributed by atoms with van der Waals surface area (Å²) in [5.74, 6) is -1.47. The third kappa shape index (κ3) is 13.3. The normalized spacial score (nSPS) is 44.7. The average molecular weight is 843 g/mol. The second kappa shape index (κ2) is 22.5. The lowest BCUT2D eigenvalue weighted by Crippen LogP contribution is -2.65. The predicted octanol–water partition coefficient (Wildman–Crippen LogP) is 2.33. The molecule has 4 heterocycles. The molecule has 0 spiro atoms. The smallest absolute Gasteiger partial charge is 0.308 e. The van der Waals surface area contributed by atoms with Gasteiger partial charge in [-0.1, -0.05) is 31.2 Å². The van der Waals surface area contributed by atoms with Crippen LogP contribution in [-0.4, -0.2) is 181 Å². The molecule has 19 atom stereocenters. The molecule has 0 saturated carbocycles. The van der Waals surface area contributed by atoms with Crippen LogP contribution in [0.15, 0.2) is 24.3 Å². The fraction of sp³-hybridized carbons (Fsp3) is 0.860. The van der Waals surface area contributed by atoms with Crippen LogP contribution in [0.2, 0.25) is 0 Å². The molecule has 4 aliphatic heterocycles. The van der Waals surface area contributed by atoms with Crippen LogP contribution >= 0.6 is 0 Å². The monoisotopic (exact) mass is 843 g/mol. The minimum atomic E-state index is -1.47. The predicted molar refractivity (Wildman–Crippen MR) is 217 cm³/mol. The maximum atomic E-state index is 13.1. The van der Waals surface area contributed by atoms with Crippen LogP contribution in [0.25, 0.3) is 0 Å². The largest absolute Gasteiger partial charge is 0.462 e. The van der Waals surface area contributed by atoms with Crippen LogP contribution in [0.1, 0.15) is 86.5 Å². The first-order valence-corrected chi connectivity index (χ1v) is 21.3. The number of allylic oxidation sites excluding steroid dienone is 2. The first-order valence-electron chi connectivity index (χ1n) is 21.3. The number of aliphatic hydroxyl groups excluding tert-OH is 3. The van der Waals surface area contributed by atoms with E-state index in [0.717, 1.165) is 12.7 Å². The first-order chi connectivity index (χ1) is 27.8. The molecule has 3 fully saturated rings. The van der Waals surface area contributed by atoms with Crippen molar-refractivity contribution in [3.05, 3.63) is 24.3 Å². The van der Waals surface area contributed by atoms with E-state index in [9.17, 15) is 30.0 Å². The lowest BCUT2D eigenvalue weighted by molar-refractivity contribution is -0.344. The van der Waals surface area contributed by atoms with Gasteiger partial charge >= 0.3 is 5.97 Å². The molecule has 0 aromatic carbocycles. The molecule has 0 radical (unpaired) electrons. The Bertz CT molecular complexity index is 1370. The molecule has 16 heteroatoms. The van der Waals surface area contributed by atoms with Gasteiger partial charge in [0, 0.05) is 32.4 Å². The molecule has 0 aliphatic carbocycles. The van der Waals surface area contributed by atoms with Gasteiger partial charge in [0.1, 0.15) is 36.8 Å². The van der Waals surface area contributed by atoms with Gasteiger partial charge in [0.05, 0.1) is 54.7 Å². The van der Waals surface area contributed by atoms with Crippen molar-refractivity contribution in [3.8, 4) is 0 Å². The van der Waals surface area contributed by atoms with Crippen LogP contribution in [0.3, 0.4) is 0 Å². The van der Waals surface area contributed by atoms with Gasteiger partial charge in [-0.15, -0.1) is 0 Å². The highest BCUT2D eigenvalue weighted by atomic mass is 16.7. The minimum Gasteiger partial charge on any atom is -0.462 e. The summed E-state index contributed by atoms with van der Waals surface area (Å²) in [4.78, 5) is 29.5. The highest BCUT2D eigenvalue weighted by molar-refractivity contribution is 5.70. The summed E-state index contributed by atoms with van der Waals surface area (Å²) in [7, 11) is 9.03. The molecule has 0 amide bonds. The van der Waals surface area contributed by atoms with Gasteiger partial charge in [0.15, 0.2) is 18.9 Å². The number of hydrogen-bond acceptors (Lipinski definition) is 16. The Kier molecular flexibility index (Phi) is 18.9. The quantitative estimate of drug-likeness (QED) is 0.175. The number of cyclic esters (lactones) is 1. The maximum Gasteiger partial charge on any atom is 0.308 e. The van der Waals surface area contributed by atoms with Gasteiger partial charge in [0.25, 0.3) is 0 Å². The van der Waals surface area contributed by atoms with E-state index in [0.29, 0.717) is 19.3 Å². The van der Waals surface area contributed by atoms with Gasteiger partial charge in [-0.05, 0) is 93.9 Å². The number of carbonyl (C=O) groups is 2. The molecule has 3 saturated heterocycles. The Labute approximate surface area is 351 Å². The molecule has 0 bridgehead atoms. The second-order valence-electron chi connectivity index (χ2n) is 17.8. The Hall–Kier alpha value is -1.90. The van der Waals surface area contributed by atoms with E-state index >= 15 is 0 Å². The lowest BCUT2D eigenvalue weighted by Gasteiger charge is -2.50. The number of aldehydes is 1. The fourth-order valence-corrected chi connectivity index (χ4v) is 9.10. The molecular formula is C43H74N2O14. The Morgan fingerprint density at radius 2 is 1.56 bits per heavy atom. The van der Waals surface area contributed by atoms with Crippen molar-refractivity contribution in [2.24, 2.45) is 11.8 Å². The van der Waals surface area contributed by atoms with Gasteiger partial charge < -0.3 is 72.9 Å². The number of hydrogen-bond donors (Lipinski definition) is 4. The summed E-state index contributed by atoms with van der Waals surface area (Å²) in [6.07, 6.45) is -1.56. The number of rotatable bonds is 11. The molecule has 59 heavy (non-hydrogen) atoms. The van der Waals surface area contributed by atoms with Crippen LogP contribution in [0.5, 0.6) is 0 Å². The number of carbonyl (C=O) groups excluding carboxylic acids is 2. The number of likely N-dealkylation sites (N-methyl/N-ethyl adjacent to an activating group) is 2.